The van der Waals surface area contributed by atoms with E-state index in [4.69, 9.17) is 14.2 Å². The third-order valence-corrected chi connectivity index (χ3v) is 9.17. The minimum atomic E-state index is -1.15. The number of piperidine rings is 1. The van der Waals surface area contributed by atoms with Crippen LogP contribution in [0.2, 0.25) is 0 Å². The van der Waals surface area contributed by atoms with Crippen molar-refractivity contribution in [3.63, 3.8) is 0 Å². The van der Waals surface area contributed by atoms with Crippen LogP contribution >= 0.6 is 0 Å². The van der Waals surface area contributed by atoms with Gasteiger partial charge in [0.05, 0.1) is 18.8 Å². The molecule has 2 aromatic carbocycles. The zero-order valence-electron chi connectivity index (χ0n) is 29.8. The molecule has 50 heavy (non-hydrogen) atoms. The highest BCUT2D eigenvalue weighted by molar-refractivity contribution is 5.80. The average molecular weight is 683 g/mol. The number of aliphatic hydroxyl groups excluding tert-OH is 1. The molecular weight excluding hydrogens is 632 g/mol. The monoisotopic (exact) mass is 682 g/mol. The lowest BCUT2D eigenvalue weighted by Crippen LogP contribution is -2.39. The summed E-state index contributed by atoms with van der Waals surface area (Å²) in [5.41, 5.74) is 7.71. The second kappa shape index (κ2) is 18.9. The Morgan fingerprint density at radius 3 is 2.56 bits per heavy atom. The standard InChI is InChI=1S/C40H50N4O6/c1-27-17-34(23-43-36(24-45)40(46)47)39(50-26-33-18-32(20-41)21-42-22-33)19-38(27)49-25-28(2)29(3)30(4)35-11-9-12-37(31(35)5)48-16-10-15-44-13-7-6-8-14-44/h9,11-12,17-19,21-22,36,43,45H,4,6-8,10,13-16,23-26H2,1-3,5H3,(H,46,47)/b29-28+. The lowest BCUT2D eigenvalue weighted by atomic mass is 9.93. The van der Waals surface area contributed by atoms with Gasteiger partial charge in [-0.1, -0.05) is 25.1 Å². The molecule has 4 rings (SSSR count). The van der Waals surface area contributed by atoms with Gasteiger partial charge in [0.15, 0.2) is 0 Å². The number of aliphatic hydroxyl groups is 1. The number of benzene rings is 2. The number of carbonyl (C=O) groups is 1. The summed E-state index contributed by atoms with van der Waals surface area (Å²) in [7, 11) is 0. The van der Waals surface area contributed by atoms with Crippen LogP contribution in [0.3, 0.4) is 0 Å². The minimum Gasteiger partial charge on any atom is -0.493 e. The van der Waals surface area contributed by atoms with Crippen LogP contribution in [-0.4, -0.2) is 71.6 Å². The molecule has 0 radical (unpaired) electrons. The van der Waals surface area contributed by atoms with E-state index >= 15 is 0 Å². The van der Waals surface area contributed by atoms with Gasteiger partial charge in [-0.3, -0.25) is 15.1 Å². The molecule has 1 fully saturated rings. The van der Waals surface area contributed by atoms with Crippen LogP contribution in [0.15, 0.2) is 66.5 Å². The van der Waals surface area contributed by atoms with Crippen molar-refractivity contribution in [1.29, 1.82) is 5.26 Å². The highest BCUT2D eigenvalue weighted by Crippen LogP contribution is 2.33. The van der Waals surface area contributed by atoms with Crippen molar-refractivity contribution >= 4 is 11.5 Å². The molecule has 0 saturated carbocycles. The number of hydrogen-bond donors (Lipinski definition) is 3. The van der Waals surface area contributed by atoms with E-state index in [1.54, 1.807) is 18.3 Å². The van der Waals surface area contributed by atoms with Gasteiger partial charge in [-0.25, -0.2) is 0 Å². The minimum absolute atomic E-state index is 0.138. The normalized spacial score (nSPS) is 14.3. The summed E-state index contributed by atoms with van der Waals surface area (Å²) in [4.78, 5) is 18.1. The van der Waals surface area contributed by atoms with Gasteiger partial charge in [0.2, 0.25) is 0 Å². The first kappa shape index (κ1) is 38.1. The first-order chi connectivity index (χ1) is 24.1. The predicted molar refractivity (Wildman–Crippen MR) is 194 cm³/mol. The predicted octanol–water partition coefficient (Wildman–Crippen LogP) is 6.37. The van der Waals surface area contributed by atoms with E-state index < -0.39 is 18.6 Å². The molecule has 0 aliphatic carbocycles. The molecule has 1 atom stereocenters. The summed E-state index contributed by atoms with van der Waals surface area (Å²) in [5, 5.41) is 31.0. The lowest BCUT2D eigenvalue weighted by Gasteiger charge is -2.26. The number of hydrogen-bond acceptors (Lipinski definition) is 9. The van der Waals surface area contributed by atoms with Crippen molar-refractivity contribution in [2.24, 2.45) is 0 Å². The summed E-state index contributed by atoms with van der Waals surface area (Å²) >= 11 is 0. The van der Waals surface area contributed by atoms with Crippen LogP contribution in [0, 0.1) is 25.2 Å². The molecule has 10 nitrogen and oxygen atoms in total. The smallest absolute Gasteiger partial charge is 0.323 e. The summed E-state index contributed by atoms with van der Waals surface area (Å²) in [6.45, 7) is 16.7. The number of carboxylic acids is 1. The fourth-order valence-electron chi connectivity index (χ4n) is 5.91. The zero-order valence-corrected chi connectivity index (χ0v) is 29.8. The number of nitrogens with one attached hydrogen (secondary N) is 1. The van der Waals surface area contributed by atoms with Gasteiger partial charge in [-0.2, -0.15) is 5.26 Å². The van der Waals surface area contributed by atoms with E-state index in [-0.39, 0.29) is 13.2 Å². The highest BCUT2D eigenvalue weighted by Gasteiger charge is 2.18. The molecule has 1 saturated heterocycles. The maximum absolute atomic E-state index is 11.5. The molecule has 1 aromatic heterocycles. The number of rotatable bonds is 18. The number of nitriles is 1. The fourth-order valence-corrected chi connectivity index (χ4v) is 5.91. The molecule has 1 aliphatic rings. The first-order valence-corrected chi connectivity index (χ1v) is 17.2. The number of ether oxygens (including phenoxy) is 3. The molecule has 1 aliphatic heterocycles. The van der Waals surface area contributed by atoms with Crippen LogP contribution in [0.1, 0.15) is 72.9 Å². The van der Waals surface area contributed by atoms with Gasteiger partial charge in [0.25, 0.3) is 0 Å². The zero-order chi connectivity index (χ0) is 36.0. The third-order valence-electron chi connectivity index (χ3n) is 9.17. The quantitative estimate of drug-likeness (QED) is 0.103. The van der Waals surface area contributed by atoms with Crippen molar-refractivity contribution in [3.05, 3.63) is 99.9 Å². The van der Waals surface area contributed by atoms with Crippen LogP contribution in [-0.2, 0) is 17.9 Å². The van der Waals surface area contributed by atoms with E-state index in [1.807, 2.05) is 39.0 Å². The number of aromatic nitrogens is 1. The molecule has 3 N–H and O–H groups in total. The van der Waals surface area contributed by atoms with E-state index in [0.717, 1.165) is 52.1 Å². The van der Waals surface area contributed by atoms with E-state index in [0.29, 0.717) is 41.4 Å². The van der Waals surface area contributed by atoms with Gasteiger partial charge >= 0.3 is 5.97 Å². The molecule has 3 aromatic rings. The summed E-state index contributed by atoms with van der Waals surface area (Å²) in [5.74, 6) is 0.820. The number of likely N-dealkylation sites (tertiary alicyclic amines) is 1. The highest BCUT2D eigenvalue weighted by atomic mass is 16.5. The average Bonchev–Trinajstić information content (AvgIpc) is 3.13. The lowest BCUT2D eigenvalue weighted by molar-refractivity contribution is -0.140. The van der Waals surface area contributed by atoms with E-state index in [1.165, 1.54) is 38.5 Å². The summed E-state index contributed by atoms with van der Waals surface area (Å²) in [6, 6.07) is 12.4. The molecule has 2 heterocycles. The Balaban J connectivity index is 1.45. The summed E-state index contributed by atoms with van der Waals surface area (Å²) < 4.78 is 18.7. The number of pyridine rings is 1. The number of aliphatic carboxylic acids is 1. The first-order valence-electron chi connectivity index (χ1n) is 17.2. The maximum atomic E-state index is 11.5. The van der Waals surface area contributed by atoms with E-state index in [2.05, 4.69) is 40.8 Å². The molecule has 0 spiro atoms. The second-order valence-corrected chi connectivity index (χ2v) is 12.9. The number of carboxylic acid groups (broad SMARTS) is 1. The van der Waals surface area contributed by atoms with Crippen LogP contribution in [0.25, 0.3) is 5.57 Å². The third kappa shape index (κ3) is 10.7. The van der Waals surface area contributed by atoms with E-state index in [9.17, 15) is 20.3 Å². The molecule has 0 bridgehead atoms. The van der Waals surface area contributed by atoms with Crippen LogP contribution in [0.4, 0.5) is 0 Å². The Morgan fingerprint density at radius 1 is 1.06 bits per heavy atom. The topological polar surface area (TPSA) is 137 Å². The van der Waals surface area contributed by atoms with Gasteiger partial charge in [-0.05, 0) is 112 Å². The van der Waals surface area contributed by atoms with Crippen molar-refractivity contribution in [1.82, 2.24) is 15.2 Å². The molecule has 266 valence electrons. The van der Waals surface area contributed by atoms with Gasteiger partial charge in [-0.15, -0.1) is 0 Å². The van der Waals surface area contributed by atoms with Gasteiger partial charge in [0, 0.05) is 42.7 Å². The van der Waals surface area contributed by atoms with Crippen molar-refractivity contribution in [2.45, 2.75) is 72.6 Å². The Labute approximate surface area is 296 Å². The Bertz CT molecular complexity index is 1710. The number of allylic oxidation sites excluding steroid dienone is 2. The second-order valence-electron chi connectivity index (χ2n) is 12.9. The molecule has 10 heteroatoms. The Morgan fingerprint density at radius 2 is 1.84 bits per heavy atom. The largest absolute Gasteiger partial charge is 0.493 e. The molecule has 0 amide bonds. The fraction of sp³-hybridized carbons (Fsp3) is 0.425. The van der Waals surface area contributed by atoms with Crippen LogP contribution < -0.4 is 19.5 Å². The summed E-state index contributed by atoms with van der Waals surface area (Å²) in [6.07, 6.45) is 8.03. The molecular formula is C40H50N4O6. The maximum Gasteiger partial charge on any atom is 0.323 e. The number of aryl methyl sites for hydroxylation is 1. The Hall–Kier alpha value is -4.69. The van der Waals surface area contributed by atoms with Crippen molar-refractivity contribution < 1.29 is 29.2 Å². The van der Waals surface area contributed by atoms with Gasteiger partial charge in [0.1, 0.15) is 42.6 Å². The SMILES string of the molecule is C=C(/C(C)=C(\C)COc1cc(OCc2cncc(C#N)c2)c(CNC(CO)C(=O)O)cc1C)c1cccc(OCCCN2CCCCC2)c1C. The van der Waals surface area contributed by atoms with Crippen molar-refractivity contribution in [3.8, 4) is 23.3 Å². The number of nitrogens with zero attached hydrogens (tertiary/aromatic N) is 3. The van der Waals surface area contributed by atoms with Gasteiger partial charge < -0.3 is 29.3 Å². The van der Waals surface area contributed by atoms with Crippen LogP contribution in [0.5, 0.6) is 17.2 Å². The molecule has 1 unspecified atom stereocenters. The van der Waals surface area contributed by atoms with Crippen molar-refractivity contribution in [2.75, 3.05) is 39.5 Å². The Kier molecular flexibility index (Phi) is 14.4.